The molecule has 2 aromatic heterocycles. The van der Waals surface area contributed by atoms with Crippen LogP contribution in [-0.4, -0.2) is 15.8 Å². The Hall–Kier alpha value is -4.59. The van der Waals surface area contributed by atoms with Gasteiger partial charge in [0, 0.05) is 20.9 Å². The molecule has 0 aliphatic heterocycles. The van der Waals surface area contributed by atoms with Crippen LogP contribution >= 0.6 is 22.7 Å². The van der Waals surface area contributed by atoms with E-state index in [1.165, 1.54) is 22.7 Å². The third-order valence-corrected chi connectivity index (χ3v) is 8.69. The maximum absolute atomic E-state index is 15.1. The molecule has 6 rings (SSSR count). The third kappa shape index (κ3) is 5.04. The predicted molar refractivity (Wildman–Crippen MR) is 166 cm³/mol. The second kappa shape index (κ2) is 11.3. The van der Waals surface area contributed by atoms with Gasteiger partial charge in [-0.1, -0.05) is 121 Å². The molecule has 0 aliphatic rings. The van der Waals surface area contributed by atoms with Gasteiger partial charge >= 0.3 is 0 Å². The number of anilines is 2. The minimum atomic E-state index is -0.608. The van der Waals surface area contributed by atoms with Crippen molar-refractivity contribution < 1.29 is 4.79 Å². The Morgan fingerprint density at radius 3 is 1.20 bits per heavy atom. The summed E-state index contributed by atoms with van der Waals surface area (Å²) >= 11 is 2.73. The van der Waals surface area contributed by atoms with Crippen LogP contribution in [0.2, 0.25) is 0 Å². The molecule has 5 nitrogen and oxygen atoms in total. The summed E-state index contributed by atoms with van der Waals surface area (Å²) in [4.78, 5) is 26.1. The number of carbonyl (C=O) groups is 1. The van der Waals surface area contributed by atoms with Crippen LogP contribution in [0.25, 0.3) is 22.5 Å². The quantitative estimate of drug-likeness (QED) is 0.200. The minimum Gasteiger partial charge on any atom is -0.375 e. The average Bonchev–Trinajstić information content (AvgIpc) is 3.57. The van der Waals surface area contributed by atoms with Gasteiger partial charge in [0.15, 0.2) is 16.0 Å². The molecular weight excluding hydrogens is 533 g/mol. The first-order valence-electron chi connectivity index (χ1n) is 12.9. The van der Waals surface area contributed by atoms with Crippen LogP contribution in [-0.2, 0) is 4.79 Å². The number of nitrogen functional groups attached to an aromatic ring is 2. The van der Waals surface area contributed by atoms with Crippen LogP contribution in [0.3, 0.4) is 0 Å². The van der Waals surface area contributed by atoms with Gasteiger partial charge in [0.2, 0.25) is 0 Å². The number of Topliss-reactive ketones (excluding diaryl/α,β-unsaturated/α-hetero) is 1. The van der Waals surface area contributed by atoms with Crippen LogP contribution in [0.4, 0.5) is 10.3 Å². The van der Waals surface area contributed by atoms with Crippen molar-refractivity contribution in [2.24, 2.45) is 0 Å². The van der Waals surface area contributed by atoms with Gasteiger partial charge in [-0.2, -0.15) is 0 Å². The van der Waals surface area contributed by atoms with E-state index in [9.17, 15) is 0 Å². The number of carbonyl (C=O) groups excluding carboxylic acids is 1. The van der Waals surface area contributed by atoms with E-state index in [-0.39, 0.29) is 5.78 Å². The van der Waals surface area contributed by atoms with Gasteiger partial charge in [0.25, 0.3) is 0 Å². The first-order valence-corrected chi connectivity index (χ1v) is 14.5. The standard InChI is InChI=1S/C33H26N4OS2/c34-32-36-27(23-17-9-3-10-18-23)30(39-32)25(21-13-5-1-6-14-21)29(38)26(22-15-7-2-8-16-22)31-28(37-33(35)40-31)24-19-11-4-12-20-24/h1-20,25-26H,(H2,34,36)(H2,35,37). The molecule has 2 heterocycles. The summed E-state index contributed by atoms with van der Waals surface area (Å²) in [6.45, 7) is 0. The Balaban J connectivity index is 1.58. The van der Waals surface area contributed by atoms with Gasteiger partial charge in [0.1, 0.15) is 0 Å². The maximum atomic E-state index is 15.1. The molecule has 7 heteroatoms. The minimum absolute atomic E-state index is 0.0130. The highest BCUT2D eigenvalue weighted by molar-refractivity contribution is 7.16. The van der Waals surface area contributed by atoms with E-state index in [1.807, 2.05) is 121 Å². The molecule has 2 atom stereocenters. The van der Waals surface area contributed by atoms with E-state index in [2.05, 4.69) is 0 Å². The summed E-state index contributed by atoms with van der Waals surface area (Å²) in [5.41, 5.74) is 17.7. The molecule has 6 aromatic rings. The van der Waals surface area contributed by atoms with Crippen molar-refractivity contribution >= 4 is 38.7 Å². The highest BCUT2D eigenvalue weighted by Crippen LogP contribution is 2.46. The van der Waals surface area contributed by atoms with Crippen molar-refractivity contribution in [3.8, 4) is 22.5 Å². The fourth-order valence-corrected chi connectivity index (χ4v) is 7.03. The zero-order chi connectivity index (χ0) is 27.5. The number of hydrogen-bond donors (Lipinski definition) is 2. The normalized spacial score (nSPS) is 12.6. The van der Waals surface area contributed by atoms with Crippen LogP contribution in [0.15, 0.2) is 121 Å². The summed E-state index contributed by atoms with van der Waals surface area (Å²) in [6, 6.07) is 39.5. The molecule has 0 radical (unpaired) electrons. The molecule has 4 N–H and O–H groups in total. The first-order chi connectivity index (χ1) is 19.6. The van der Waals surface area contributed by atoms with E-state index in [4.69, 9.17) is 21.4 Å². The second-order valence-electron chi connectivity index (χ2n) is 9.35. The Labute approximate surface area is 240 Å². The highest BCUT2D eigenvalue weighted by Gasteiger charge is 2.37. The third-order valence-electron chi connectivity index (χ3n) is 6.79. The molecule has 0 spiro atoms. The lowest BCUT2D eigenvalue weighted by atomic mass is 9.80. The van der Waals surface area contributed by atoms with Gasteiger partial charge in [-0.05, 0) is 11.1 Å². The number of aromatic nitrogens is 2. The number of thiazole rings is 2. The maximum Gasteiger partial charge on any atom is 0.180 e. The van der Waals surface area contributed by atoms with Crippen molar-refractivity contribution in [1.29, 1.82) is 0 Å². The van der Waals surface area contributed by atoms with Gasteiger partial charge in [-0.25, -0.2) is 9.97 Å². The van der Waals surface area contributed by atoms with Crippen LogP contribution in [0, 0.1) is 0 Å². The fraction of sp³-hybridized carbons (Fsp3) is 0.0606. The summed E-state index contributed by atoms with van der Waals surface area (Å²) in [5, 5.41) is 0.844. The lowest BCUT2D eigenvalue weighted by Crippen LogP contribution is -2.22. The average molecular weight is 559 g/mol. The number of nitrogens with two attached hydrogens (primary N) is 2. The molecule has 0 fully saturated rings. The van der Waals surface area contributed by atoms with E-state index in [1.54, 1.807) is 0 Å². The summed E-state index contributed by atoms with van der Waals surface area (Å²) in [6.07, 6.45) is 0. The van der Waals surface area contributed by atoms with E-state index < -0.39 is 11.8 Å². The second-order valence-corrected chi connectivity index (χ2v) is 11.5. The number of nitrogens with zero attached hydrogens (tertiary/aromatic N) is 2. The molecule has 0 amide bonds. The number of rotatable bonds is 8. The number of hydrogen-bond acceptors (Lipinski definition) is 7. The molecule has 0 saturated heterocycles. The molecule has 0 bridgehead atoms. The van der Waals surface area contributed by atoms with Crippen LogP contribution in [0.1, 0.15) is 32.7 Å². The first kappa shape index (κ1) is 25.7. The molecule has 196 valence electrons. The van der Waals surface area contributed by atoms with Gasteiger partial charge in [-0.3, -0.25) is 4.79 Å². The van der Waals surface area contributed by atoms with Gasteiger partial charge in [-0.15, -0.1) is 22.7 Å². The topological polar surface area (TPSA) is 94.9 Å². The lowest BCUT2D eigenvalue weighted by molar-refractivity contribution is -0.120. The van der Waals surface area contributed by atoms with E-state index in [0.29, 0.717) is 10.3 Å². The smallest absolute Gasteiger partial charge is 0.180 e. The molecular formula is C33H26N4OS2. The zero-order valence-electron chi connectivity index (χ0n) is 21.5. The Kier molecular flexibility index (Phi) is 7.23. The molecule has 0 aliphatic carbocycles. The Bertz CT molecular complexity index is 1600. The molecule has 4 aromatic carbocycles. The van der Waals surface area contributed by atoms with E-state index in [0.717, 1.165) is 43.4 Å². The number of ketones is 1. The van der Waals surface area contributed by atoms with Crippen molar-refractivity contribution in [2.75, 3.05) is 11.5 Å². The predicted octanol–water partition coefficient (Wildman–Crippen LogP) is 7.63. The Morgan fingerprint density at radius 1 is 0.525 bits per heavy atom. The molecule has 40 heavy (non-hydrogen) atoms. The van der Waals surface area contributed by atoms with Gasteiger partial charge in [0.05, 0.1) is 23.2 Å². The zero-order valence-corrected chi connectivity index (χ0v) is 23.1. The van der Waals surface area contributed by atoms with Crippen LogP contribution < -0.4 is 11.5 Å². The highest BCUT2D eigenvalue weighted by atomic mass is 32.1. The SMILES string of the molecule is Nc1nc(-c2ccccc2)c(C(C(=O)C(c2ccccc2)c2sc(N)nc2-c2ccccc2)c2ccccc2)s1. The van der Waals surface area contributed by atoms with Crippen LogP contribution in [0.5, 0.6) is 0 Å². The molecule has 2 unspecified atom stereocenters. The van der Waals surface area contributed by atoms with Crippen molar-refractivity contribution in [2.45, 2.75) is 11.8 Å². The van der Waals surface area contributed by atoms with Gasteiger partial charge < -0.3 is 11.5 Å². The van der Waals surface area contributed by atoms with Crippen molar-refractivity contribution in [3.05, 3.63) is 142 Å². The number of benzene rings is 4. The Morgan fingerprint density at radius 2 is 0.850 bits per heavy atom. The molecule has 0 saturated carbocycles. The van der Waals surface area contributed by atoms with E-state index >= 15 is 4.79 Å². The van der Waals surface area contributed by atoms with Crippen molar-refractivity contribution in [3.63, 3.8) is 0 Å². The summed E-state index contributed by atoms with van der Waals surface area (Å²) in [7, 11) is 0. The monoisotopic (exact) mass is 558 g/mol. The fourth-order valence-electron chi connectivity index (χ4n) is 5.04. The van der Waals surface area contributed by atoms with Crippen molar-refractivity contribution in [1.82, 2.24) is 9.97 Å². The lowest BCUT2D eigenvalue weighted by Gasteiger charge is -2.23. The summed E-state index contributed by atoms with van der Waals surface area (Å²) < 4.78 is 0. The summed E-state index contributed by atoms with van der Waals surface area (Å²) in [5.74, 6) is -1.20. The largest absolute Gasteiger partial charge is 0.375 e.